The molecule has 15 heteroatoms. The number of rotatable bonds is 8. The molecule has 7 rings (SSSR count). The average molecular weight is 751 g/mol. The number of fused-ring (bicyclic) bond motifs is 2. The molecule has 0 spiro atoms. The zero-order valence-electron chi connectivity index (χ0n) is 29.6. The highest BCUT2D eigenvalue weighted by Crippen LogP contribution is 2.30. The summed E-state index contributed by atoms with van der Waals surface area (Å²) in [6, 6.07) is 30.4. The van der Waals surface area contributed by atoms with Crippen LogP contribution >= 0.6 is 24.4 Å². The number of methoxy groups -OCH3 is 4. The normalized spacial score (nSPS) is 12.3. The predicted octanol–water partition coefficient (Wildman–Crippen LogP) is 6.59. The molecule has 2 aromatic heterocycles. The van der Waals surface area contributed by atoms with Crippen LogP contribution in [-0.4, -0.2) is 89.7 Å². The highest BCUT2D eigenvalue weighted by atomic mass is 32.1. The van der Waals surface area contributed by atoms with E-state index in [9.17, 15) is 0 Å². The van der Waals surface area contributed by atoms with Crippen molar-refractivity contribution >= 4 is 74.1 Å². The number of anilines is 3. The van der Waals surface area contributed by atoms with Gasteiger partial charge in [-0.05, 0) is 60.8 Å². The van der Waals surface area contributed by atoms with Gasteiger partial charge in [0.1, 0.15) is 17.2 Å². The van der Waals surface area contributed by atoms with Crippen LogP contribution in [0.3, 0.4) is 0 Å². The van der Waals surface area contributed by atoms with Gasteiger partial charge in [0.25, 0.3) is 16.9 Å². The molecule has 1 aliphatic rings. The molecule has 0 atom stereocenters. The summed E-state index contributed by atoms with van der Waals surface area (Å²) in [5.74, 6) is 3.91. The molecule has 2 N–H and O–H groups in total. The molecule has 1 fully saturated rings. The molecule has 0 saturated carbocycles. The Morgan fingerprint density at radius 1 is 0.547 bits per heavy atom. The van der Waals surface area contributed by atoms with Crippen LogP contribution in [0, 0.1) is 0 Å². The van der Waals surface area contributed by atoms with E-state index in [0.717, 1.165) is 65.4 Å². The molecule has 0 radical (unpaired) electrons. The van der Waals surface area contributed by atoms with E-state index < -0.39 is 0 Å². The minimum Gasteiger partial charge on any atom is -0.497 e. The van der Waals surface area contributed by atoms with Crippen LogP contribution in [0.15, 0.2) is 97.1 Å². The van der Waals surface area contributed by atoms with E-state index in [1.807, 2.05) is 97.1 Å². The van der Waals surface area contributed by atoms with Crippen molar-refractivity contribution in [2.24, 2.45) is 0 Å². The number of aromatic nitrogens is 4. The first-order valence-electron chi connectivity index (χ1n) is 16.6. The van der Waals surface area contributed by atoms with Crippen molar-refractivity contribution in [3.8, 4) is 29.0 Å². The molecule has 0 aliphatic carbocycles. The average Bonchev–Trinajstić information content (AvgIpc) is 3.20. The molecule has 13 nitrogen and oxygen atoms in total. The first-order valence-corrected chi connectivity index (χ1v) is 17.4. The lowest BCUT2D eigenvalue weighted by Crippen LogP contribution is -2.50. The Morgan fingerprint density at radius 2 is 1.02 bits per heavy atom. The van der Waals surface area contributed by atoms with Crippen molar-refractivity contribution in [1.82, 2.24) is 24.8 Å². The van der Waals surface area contributed by atoms with Gasteiger partial charge in [-0.1, -0.05) is 42.5 Å². The van der Waals surface area contributed by atoms with Crippen LogP contribution in [0.4, 0.5) is 17.3 Å². The number of ether oxygens (including phenoxy) is 5. The van der Waals surface area contributed by atoms with Gasteiger partial charge in [-0.25, -0.2) is 19.9 Å². The summed E-state index contributed by atoms with van der Waals surface area (Å²) in [7, 11) is 6.42. The van der Waals surface area contributed by atoms with Crippen LogP contribution in [0.1, 0.15) is 0 Å². The Kier molecular flexibility index (Phi) is 12.1. The predicted molar refractivity (Wildman–Crippen MR) is 215 cm³/mol. The number of piperazine rings is 1. The SMILES string of the molecule is COc1cc(OC)cc(N2CCN(C(=S)Nc3nc4ccccc4nc3OC)CC2)c1.COc1nc2ccccc2nc1NC(=S)Oc1ccccc1. The van der Waals surface area contributed by atoms with Gasteiger partial charge in [0.2, 0.25) is 0 Å². The van der Waals surface area contributed by atoms with Gasteiger partial charge in [0.15, 0.2) is 16.7 Å². The van der Waals surface area contributed by atoms with Crippen LogP contribution < -0.4 is 39.2 Å². The lowest BCUT2D eigenvalue weighted by Gasteiger charge is -2.37. The third kappa shape index (κ3) is 9.25. The monoisotopic (exact) mass is 750 g/mol. The Labute approximate surface area is 317 Å². The highest BCUT2D eigenvalue weighted by Gasteiger charge is 2.22. The van der Waals surface area contributed by atoms with Crippen LogP contribution in [0.5, 0.6) is 29.0 Å². The second-order valence-corrected chi connectivity index (χ2v) is 12.2. The van der Waals surface area contributed by atoms with Gasteiger partial charge in [-0.2, -0.15) is 0 Å². The number of nitrogens with zero attached hydrogens (tertiary/aromatic N) is 6. The smallest absolute Gasteiger partial charge is 0.268 e. The Morgan fingerprint density at radius 3 is 1.51 bits per heavy atom. The number of thiocarbonyl (C=S) groups is 2. The molecule has 272 valence electrons. The third-order valence-electron chi connectivity index (χ3n) is 8.13. The largest absolute Gasteiger partial charge is 0.497 e. The van der Waals surface area contributed by atoms with Crippen LogP contribution in [-0.2, 0) is 0 Å². The number of nitrogens with one attached hydrogen (secondary N) is 2. The highest BCUT2D eigenvalue weighted by molar-refractivity contribution is 7.80. The van der Waals surface area contributed by atoms with E-state index in [1.54, 1.807) is 21.3 Å². The van der Waals surface area contributed by atoms with Crippen molar-refractivity contribution in [1.29, 1.82) is 0 Å². The standard InChI is InChI=1S/C22H25N5O3S.C16H13N3O2S/c1-28-16-12-15(13-17(14-16)29-2)26-8-10-27(11-9-26)22(31)25-20-21(30-3)24-19-7-5-4-6-18(19)23-20;1-20-15-14(17-12-9-5-6-10-13(12)18-15)19-16(22)21-11-7-3-2-4-8-11/h4-7,12-14H,8-11H2,1-3H3,(H,23,25,31);2-10H,1H3,(H,17,19,22). The minimum absolute atomic E-state index is 0.175. The summed E-state index contributed by atoms with van der Waals surface area (Å²) >= 11 is 10.8. The van der Waals surface area contributed by atoms with Crippen LogP contribution in [0.25, 0.3) is 22.1 Å². The molecule has 0 amide bonds. The first kappa shape index (κ1) is 36.7. The summed E-state index contributed by atoms with van der Waals surface area (Å²) in [4.78, 5) is 22.4. The molecule has 1 saturated heterocycles. The van der Waals surface area contributed by atoms with Crippen molar-refractivity contribution in [2.75, 3.05) is 70.2 Å². The maximum atomic E-state index is 5.65. The lowest BCUT2D eigenvalue weighted by atomic mass is 10.2. The summed E-state index contributed by atoms with van der Waals surface area (Å²) in [5, 5.41) is 6.90. The van der Waals surface area contributed by atoms with Crippen molar-refractivity contribution < 1.29 is 23.7 Å². The number of benzene rings is 4. The Bertz CT molecular complexity index is 2180. The maximum absolute atomic E-state index is 5.65. The quantitative estimate of drug-likeness (QED) is 0.162. The van der Waals surface area contributed by atoms with E-state index in [4.69, 9.17) is 48.1 Å². The fourth-order valence-corrected chi connectivity index (χ4v) is 5.93. The topological polar surface area (TPSA) is 128 Å². The molecular weight excluding hydrogens is 713 g/mol. The van der Waals surface area contributed by atoms with Gasteiger partial charge >= 0.3 is 0 Å². The third-order valence-corrected chi connectivity index (χ3v) is 8.68. The summed E-state index contributed by atoms with van der Waals surface area (Å²) in [6.07, 6.45) is 0. The van der Waals surface area contributed by atoms with Gasteiger partial charge in [0, 0.05) is 50.1 Å². The van der Waals surface area contributed by atoms with E-state index in [1.165, 1.54) is 7.11 Å². The molecule has 0 unspecified atom stereocenters. The lowest BCUT2D eigenvalue weighted by molar-refractivity contribution is 0.383. The molecular formula is C38H38N8O5S2. The van der Waals surface area contributed by atoms with E-state index in [2.05, 4.69) is 40.4 Å². The molecule has 0 bridgehead atoms. The molecule has 4 aromatic carbocycles. The number of hydrogen-bond donors (Lipinski definition) is 2. The van der Waals surface area contributed by atoms with Crippen LogP contribution in [0.2, 0.25) is 0 Å². The van der Waals surface area contributed by atoms with E-state index >= 15 is 0 Å². The van der Waals surface area contributed by atoms with Crippen molar-refractivity contribution in [3.63, 3.8) is 0 Å². The number of para-hydroxylation sites is 5. The summed E-state index contributed by atoms with van der Waals surface area (Å²) < 4.78 is 27.0. The molecule has 3 heterocycles. The number of hydrogen-bond acceptors (Lipinski definition) is 12. The second kappa shape index (κ2) is 17.4. The van der Waals surface area contributed by atoms with Gasteiger partial charge in [-0.15, -0.1) is 0 Å². The summed E-state index contributed by atoms with van der Waals surface area (Å²) in [6.45, 7) is 3.18. The zero-order valence-corrected chi connectivity index (χ0v) is 31.2. The Hall–Kier alpha value is -6.06. The molecule has 53 heavy (non-hydrogen) atoms. The van der Waals surface area contributed by atoms with Crippen molar-refractivity contribution in [2.45, 2.75) is 0 Å². The van der Waals surface area contributed by atoms with Gasteiger partial charge < -0.3 is 38.8 Å². The summed E-state index contributed by atoms with van der Waals surface area (Å²) in [5.41, 5.74) is 4.12. The van der Waals surface area contributed by atoms with Gasteiger partial charge in [-0.3, -0.25) is 5.32 Å². The Balaban J connectivity index is 0.000000192. The zero-order chi connectivity index (χ0) is 37.2. The van der Waals surface area contributed by atoms with Gasteiger partial charge in [0.05, 0.1) is 50.5 Å². The van der Waals surface area contributed by atoms with E-state index in [-0.39, 0.29) is 5.17 Å². The minimum atomic E-state index is 0.175. The first-order chi connectivity index (χ1) is 25.9. The molecule has 1 aliphatic heterocycles. The fraction of sp³-hybridized carbons (Fsp3) is 0.211. The molecule has 6 aromatic rings. The second-order valence-electron chi connectivity index (χ2n) is 11.4. The fourth-order valence-electron chi connectivity index (χ4n) is 5.46. The van der Waals surface area contributed by atoms with Crippen molar-refractivity contribution in [3.05, 3.63) is 97.1 Å². The maximum Gasteiger partial charge on any atom is 0.268 e. The van der Waals surface area contributed by atoms with E-state index in [0.29, 0.717) is 34.3 Å².